The number of aliphatic hydroxyl groups excluding tert-OH is 1. The summed E-state index contributed by atoms with van der Waals surface area (Å²) >= 11 is 5.98. The van der Waals surface area contributed by atoms with E-state index < -0.39 is 17.7 Å². The fraction of sp³-hybridized carbons (Fsp3) is 0.0741. The number of Topliss-reactive ketones (excluding diaryl/α,β-unsaturated/α-hetero) is 1. The van der Waals surface area contributed by atoms with Crippen molar-refractivity contribution in [2.45, 2.75) is 13.0 Å². The third-order valence-corrected chi connectivity index (χ3v) is 5.83. The van der Waals surface area contributed by atoms with Crippen molar-refractivity contribution in [2.24, 2.45) is 0 Å². The maximum absolute atomic E-state index is 13.2. The van der Waals surface area contributed by atoms with E-state index in [9.17, 15) is 14.7 Å². The Labute approximate surface area is 205 Å². The molecule has 0 saturated carbocycles. The predicted molar refractivity (Wildman–Crippen MR) is 130 cm³/mol. The summed E-state index contributed by atoms with van der Waals surface area (Å²) in [6.45, 7) is 1.68. The van der Waals surface area contributed by atoms with E-state index in [-0.39, 0.29) is 17.2 Å². The molecule has 1 amide bonds. The second-order valence-corrected chi connectivity index (χ2v) is 8.40. The monoisotopic (exact) mass is 486 g/mol. The van der Waals surface area contributed by atoms with Gasteiger partial charge in [-0.15, -0.1) is 0 Å². The van der Waals surface area contributed by atoms with Crippen LogP contribution in [0.1, 0.15) is 22.9 Å². The first kappa shape index (κ1) is 22.4. The molecule has 1 aliphatic rings. The molecule has 1 fully saturated rings. The first-order chi connectivity index (χ1) is 16.9. The van der Waals surface area contributed by atoms with Crippen LogP contribution in [0, 0.1) is 6.92 Å². The largest absolute Gasteiger partial charge is 0.507 e. The Bertz CT molecular complexity index is 1440. The molecular formula is C27H19ClN2O5. The highest BCUT2D eigenvalue weighted by Crippen LogP contribution is 2.43. The van der Waals surface area contributed by atoms with Gasteiger partial charge in [0.1, 0.15) is 23.0 Å². The van der Waals surface area contributed by atoms with Crippen molar-refractivity contribution in [3.05, 3.63) is 112 Å². The fourth-order valence-electron chi connectivity index (χ4n) is 3.99. The number of amides is 1. The van der Waals surface area contributed by atoms with Crippen molar-refractivity contribution in [3.8, 4) is 11.5 Å². The van der Waals surface area contributed by atoms with Gasteiger partial charge >= 0.3 is 5.91 Å². The Morgan fingerprint density at radius 3 is 2.37 bits per heavy atom. The van der Waals surface area contributed by atoms with Crippen LogP contribution in [-0.2, 0) is 9.59 Å². The molecule has 5 rings (SSSR count). The Morgan fingerprint density at radius 2 is 1.69 bits per heavy atom. The Morgan fingerprint density at radius 1 is 0.971 bits per heavy atom. The van der Waals surface area contributed by atoms with E-state index in [4.69, 9.17) is 20.9 Å². The summed E-state index contributed by atoms with van der Waals surface area (Å²) in [5.41, 5.74) is 0.828. The lowest BCUT2D eigenvalue weighted by atomic mass is 9.95. The van der Waals surface area contributed by atoms with Crippen LogP contribution in [-0.4, -0.2) is 22.0 Å². The third kappa shape index (κ3) is 4.29. The van der Waals surface area contributed by atoms with Crippen LogP contribution in [0.3, 0.4) is 0 Å². The molecule has 1 N–H and O–H groups in total. The number of rotatable bonds is 5. The summed E-state index contributed by atoms with van der Waals surface area (Å²) in [5, 5.41) is 15.6. The van der Waals surface area contributed by atoms with Gasteiger partial charge in [-0.25, -0.2) is 0 Å². The molecule has 174 valence electrons. The van der Waals surface area contributed by atoms with Crippen LogP contribution in [0.4, 0.5) is 5.82 Å². The minimum Gasteiger partial charge on any atom is -0.507 e. The van der Waals surface area contributed by atoms with Crippen LogP contribution >= 0.6 is 11.6 Å². The number of nitrogens with zero attached hydrogens (tertiary/aromatic N) is 2. The van der Waals surface area contributed by atoms with E-state index >= 15 is 0 Å². The second-order valence-electron chi connectivity index (χ2n) is 7.96. The van der Waals surface area contributed by atoms with Crippen molar-refractivity contribution >= 4 is 34.9 Å². The average Bonchev–Trinajstić information content (AvgIpc) is 3.40. The molecule has 1 saturated heterocycles. The van der Waals surface area contributed by atoms with Crippen molar-refractivity contribution in [3.63, 3.8) is 0 Å². The van der Waals surface area contributed by atoms with Gasteiger partial charge in [-0.2, -0.15) is 0 Å². The topological polar surface area (TPSA) is 92.9 Å². The lowest BCUT2D eigenvalue weighted by Crippen LogP contribution is -2.29. The van der Waals surface area contributed by atoms with Crippen molar-refractivity contribution in [2.75, 3.05) is 4.90 Å². The molecule has 0 unspecified atom stereocenters. The molecule has 2 heterocycles. The van der Waals surface area contributed by atoms with E-state index in [1.165, 1.54) is 4.90 Å². The summed E-state index contributed by atoms with van der Waals surface area (Å²) in [6, 6.07) is 23.2. The van der Waals surface area contributed by atoms with Crippen molar-refractivity contribution in [1.82, 2.24) is 5.16 Å². The number of para-hydroxylation sites is 1. The number of halogens is 1. The summed E-state index contributed by atoms with van der Waals surface area (Å²) in [7, 11) is 0. The zero-order valence-corrected chi connectivity index (χ0v) is 19.3. The minimum atomic E-state index is -0.963. The van der Waals surface area contributed by atoms with Crippen LogP contribution in [0.15, 0.2) is 95.0 Å². The number of aliphatic hydroxyl groups is 1. The number of aryl methyl sites for hydroxylation is 1. The zero-order chi connectivity index (χ0) is 24.5. The molecule has 1 aromatic heterocycles. The van der Waals surface area contributed by atoms with Gasteiger partial charge in [-0.05, 0) is 61.0 Å². The SMILES string of the molecule is Cc1cc(N2C(=O)C(=O)/C(=C(/O)c3ccc(Cl)cc3)[C@H]2c2cccc(Oc3ccccc3)c2)no1. The van der Waals surface area contributed by atoms with Crippen LogP contribution in [0.2, 0.25) is 5.02 Å². The molecule has 1 aliphatic heterocycles. The maximum Gasteiger partial charge on any atom is 0.301 e. The summed E-state index contributed by atoms with van der Waals surface area (Å²) < 4.78 is 11.1. The Balaban J connectivity index is 1.65. The molecule has 0 radical (unpaired) electrons. The molecule has 8 heteroatoms. The molecular weight excluding hydrogens is 468 g/mol. The number of ketones is 1. The average molecular weight is 487 g/mol. The molecule has 7 nitrogen and oxygen atoms in total. The predicted octanol–water partition coefficient (Wildman–Crippen LogP) is 6.06. The number of ether oxygens (including phenoxy) is 1. The lowest BCUT2D eigenvalue weighted by Gasteiger charge is -2.23. The smallest absolute Gasteiger partial charge is 0.301 e. The van der Waals surface area contributed by atoms with Gasteiger partial charge in [-0.3, -0.25) is 14.5 Å². The first-order valence-electron chi connectivity index (χ1n) is 10.8. The number of benzene rings is 3. The van der Waals surface area contributed by atoms with Gasteiger partial charge in [0.05, 0.1) is 11.6 Å². The highest BCUT2D eigenvalue weighted by Gasteiger charge is 2.48. The van der Waals surface area contributed by atoms with Crippen LogP contribution in [0.25, 0.3) is 5.76 Å². The number of carbonyl (C=O) groups is 2. The van der Waals surface area contributed by atoms with Gasteiger partial charge in [0.15, 0.2) is 5.82 Å². The summed E-state index contributed by atoms with van der Waals surface area (Å²) in [6.07, 6.45) is 0. The number of carbonyl (C=O) groups excluding carboxylic acids is 2. The lowest BCUT2D eigenvalue weighted by molar-refractivity contribution is -0.132. The molecule has 0 bridgehead atoms. The minimum absolute atomic E-state index is 0.0742. The fourth-order valence-corrected chi connectivity index (χ4v) is 4.11. The Hall–Kier alpha value is -4.36. The van der Waals surface area contributed by atoms with Crippen LogP contribution in [0.5, 0.6) is 11.5 Å². The van der Waals surface area contributed by atoms with Gasteiger partial charge in [0, 0.05) is 16.7 Å². The molecule has 4 aromatic rings. The highest BCUT2D eigenvalue weighted by molar-refractivity contribution is 6.51. The van der Waals surface area contributed by atoms with Crippen molar-refractivity contribution in [1.29, 1.82) is 0 Å². The van der Waals surface area contributed by atoms with Gasteiger partial charge < -0.3 is 14.4 Å². The zero-order valence-electron chi connectivity index (χ0n) is 18.5. The van der Waals surface area contributed by atoms with Gasteiger partial charge in [0.2, 0.25) is 0 Å². The van der Waals surface area contributed by atoms with E-state index in [1.807, 2.05) is 30.3 Å². The summed E-state index contributed by atoms with van der Waals surface area (Å²) in [5.74, 6) is -0.208. The normalized spacial score (nSPS) is 17.1. The second kappa shape index (κ2) is 9.12. The summed E-state index contributed by atoms with van der Waals surface area (Å²) in [4.78, 5) is 27.6. The third-order valence-electron chi connectivity index (χ3n) is 5.58. The first-order valence-corrected chi connectivity index (χ1v) is 11.1. The van der Waals surface area contributed by atoms with E-state index in [1.54, 1.807) is 61.5 Å². The Kier molecular flexibility index (Phi) is 5.84. The van der Waals surface area contributed by atoms with Crippen molar-refractivity contribution < 1.29 is 24.0 Å². The molecule has 3 aromatic carbocycles. The van der Waals surface area contributed by atoms with E-state index in [0.29, 0.717) is 33.4 Å². The molecule has 0 aliphatic carbocycles. The highest BCUT2D eigenvalue weighted by atomic mass is 35.5. The molecule has 0 spiro atoms. The number of hydrogen-bond donors (Lipinski definition) is 1. The quantitative estimate of drug-likeness (QED) is 0.209. The van der Waals surface area contributed by atoms with Gasteiger partial charge in [0.25, 0.3) is 5.78 Å². The number of hydrogen-bond acceptors (Lipinski definition) is 6. The molecule has 1 atom stereocenters. The van der Waals surface area contributed by atoms with E-state index in [2.05, 4.69) is 5.16 Å². The standard InChI is InChI=1S/C27H19ClN2O5/c1-16-14-22(29-35-16)30-24(18-6-5-9-21(15-18)34-20-7-3-2-4-8-20)23(26(32)27(30)33)25(31)17-10-12-19(28)13-11-17/h2-15,24,31H,1H3/b25-23+/t24-/m1/s1. The van der Waals surface area contributed by atoms with Crippen LogP contribution < -0.4 is 9.64 Å². The maximum atomic E-state index is 13.2. The number of anilines is 1. The molecule has 35 heavy (non-hydrogen) atoms. The number of aromatic nitrogens is 1. The van der Waals surface area contributed by atoms with Gasteiger partial charge in [-0.1, -0.05) is 47.1 Å². The van der Waals surface area contributed by atoms with E-state index in [0.717, 1.165) is 0 Å².